The lowest BCUT2D eigenvalue weighted by Crippen LogP contribution is -2.32. The molecule has 0 bridgehead atoms. The second-order valence-electron chi connectivity index (χ2n) is 4.77. The molecule has 0 fully saturated rings. The zero-order chi connectivity index (χ0) is 16.3. The van der Waals surface area contributed by atoms with E-state index in [-0.39, 0.29) is 42.3 Å². The highest BCUT2D eigenvalue weighted by Crippen LogP contribution is 2.29. The molecule has 0 unspecified atom stereocenters. The molecule has 2 rings (SSSR count). The van der Waals surface area contributed by atoms with Crippen molar-refractivity contribution in [2.24, 2.45) is 10.7 Å². The molecule has 0 amide bonds. The van der Waals surface area contributed by atoms with Crippen LogP contribution in [0.5, 0.6) is 0 Å². The minimum absolute atomic E-state index is 0. The molecule has 2 aromatic rings. The third kappa shape index (κ3) is 5.08. The minimum Gasteiger partial charge on any atom is -0.370 e. The Morgan fingerprint density at radius 3 is 2.70 bits per heavy atom. The normalized spacial score (nSPS) is 12.1. The van der Waals surface area contributed by atoms with E-state index in [9.17, 15) is 13.2 Å². The van der Waals surface area contributed by atoms with Crippen LogP contribution in [0, 0.1) is 0 Å². The van der Waals surface area contributed by atoms with Crippen LogP contribution in [-0.4, -0.2) is 27.1 Å². The summed E-state index contributed by atoms with van der Waals surface area (Å²) in [6.45, 7) is 6.01. The first-order valence-corrected chi connectivity index (χ1v) is 6.36. The fourth-order valence-electron chi connectivity index (χ4n) is 1.67. The van der Waals surface area contributed by atoms with Gasteiger partial charge in [0.05, 0.1) is 5.56 Å². The van der Waals surface area contributed by atoms with Crippen molar-refractivity contribution in [1.82, 2.24) is 19.9 Å². The molecule has 0 aliphatic carbocycles. The van der Waals surface area contributed by atoms with Crippen molar-refractivity contribution < 1.29 is 13.2 Å². The Kier molecular flexibility index (Phi) is 6.36. The van der Waals surface area contributed by atoms with Crippen molar-refractivity contribution in [2.45, 2.75) is 19.6 Å². The molecular weight excluding hydrogens is 424 g/mol. The summed E-state index contributed by atoms with van der Waals surface area (Å²) >= 11 is 0. The van der Waals surface area contributed by atoms with Crippen molar-refractivity contribution in [3.63, 3.8) is 0 Å². The highest BCUT2D eigenvalue weighted by Gasteiger charge is 2.31. The molecule has 2 heterocycles. The molecule has 2 aromatic heterocycles. The zero-order valence-corrected chi connectivity index (χ0v) is 14.6. The van der Waals surface area contributed by atoms with Gasteiger partial charge in [-0.25, -0.2) is 4.99 Å². The van der Waals surface area contributed by atoms with Crippen LogP contribution < -0.4 is 11.1 Å². The van der Waals surface area contributed by atoms with Crippen molar-refractivity contribution >= 4 is 35.6 Å². The molecule has 0 aliphatic heterocycles. The molecule has 3 N–H and O–H groups in total. The van der Waals surface area contributed by atoms with Gasteiger partial charge in [-0.2, -0.15) is 13.2 Å². The molecule has 10 heteroatoms. The molecule has 0 spiro atoms. The lowest BCUT2D eigenvalue weighted by atomic mass is 10.3. The number of hydrogen-bond donors (Lipinski definition) is 2. The number of aromatic nitrogens is 3. The van der Waals surface area contributed by atoms with Gasteiger partial charge >= 0.3 is 6.18 Å². The topological polar surface area (TPSA) is 80.6 Å². The Balaban J connectivity index is 0.00000264. The Hall–Kier alpha value is -1.85. The molecule has 0 aliphatic rings. The highest BCUT2D eigenvalue weighted by molar-refractivity contribution is 14.0. The Labute approximate surface area is 147 Å². The fourth-order valence-corrected chi connectivity index (χ4v) is 1.67. The molecule has 0 atom stereocenters. The Morgan fingerprint density at radius 2 is 2.09 bits per heavy atom. The van der Waals surface area contributed by atoms with E-state index in [2.05, 4.69) is 27.1 Å². The van der Waals surface area contributed by atoms with Crippen LogP contribution >= 0.6 is 24.0 Å². The number of alkyl halides is 3. The van der Waals surface area contributed by atoms with E-state index in [4.69, 9.17) is 5.73 Å². The number of aliphatic imine (C=N–C) groups is 1. The van der Waals surface area contributed by atoms with Gasteiger partial charge in [-0.3, -0.25) is 4.40 Å². The number of nitrogens with one attached hydrogen (secondary N) is 1. The summed E-state index contributed by atoms with van der Waals surface area (Å²) in [6.07, 6.45) is -3.49. The molecule has 126 valence electrons. The third-order valence-corrected chi connectivity index (χ3v) is 2.76. The third-order valence-electron chi connectivity index (χ3n) is 2.76. The van der Waals surface area contributed by atoms with Crippen molar-refractivity contribution in [3.05, 3.63) is 41.9 Å². The van der Waals surface area contributed by atoms with E-state index >= 15 is 0 Å². The summed E-state index contributed by atoms with van der Waals surface area (Å²) in [6, 6.07) is 2.21. The van der Waals surface area contributed by atoms with E-state index in [1.807, 2.05) is 6.92 Å². The lowest BCUT2D eigenvalue weighted by Gasteiger charge is -2.07. The predicted octanol–water partition coefficient (Wildman–Crippen LogP) is 2.35. The SMILES string of the molecule is C=C(C)CNC(N)=NCc1nnc2ccc(C(F)(F)F)cn12.I. The Bertz CT molecular complexity index is 722. The summed E-state index contributed by atoms with van der Waals surface area (Å²) in [5.41, 5.74) is 6.05. The van der Waals surface area contributed by atoms with Crippen molar-refractivity contribution in [2.75, 3.05) is 6.54 Å². The standard InChI is InChI=1S/C13H15F3N6.HI/c1-8(2)5-18-12(17)19-6-11-21-20-10-4-3-9(7-22(10)11)13(14,15)16;/h3-4,7H,1,5-6H2,2H3,(H3,17,18,19);1H. The summed E-state index contributed by atoms with van der Waals surface area (Å²) in [5, 5.41) is 10.4. The summed E-state index contributed by atoms with van der Waals surface area (Å²) in [5.74, 6) is 0.424. The zero-order valence-electron chi connectivity index (χ0n) is 12.3. The number of halogens is 4. The smallest absolute Gasteiger partial charge is 0.370 e. The average molecular weight is 440 g/mol. The number of hydrogen-bond acceptors (Lipinski definition) is 3. The summed E-state index contributed by atoms with van der Waals surface area (Å²) in [4.78, 5) is 4.02. The van der Waals surface area contributed by atoms with Crippen LogP contribution in [0.4, 0.5) is 13.2 Å². The molecular formula is C13H16F3IN6. The van der Waals surface area contributed by atoms with E-state index in [0.29, 0.717) is 12.2 Å². The van der Waals surface area contributed by atoms with E-state index in [0.717, 1.165) is 17.8 Å². The van der Waals surface area contributed by atoms with Crippen LogP contribution in [0.1, 0.15) is 18.3 Å². The first-order valence-electron chi connectivity index (χ1n) is 6.36. The largest absolute Gasteiger partial charge is 0.417 e. The van der Waals surface area contributed by atoms with Gasteiger partial charge in [0.2, 0.25) is 0 Å². The van der Waals surface area contributed by atoms with Crippen molar-refractivity contribution in [3.8, 4) is 0 Å². The molecule has 0 aromatic carbocycles. The monoisotopic (exact) mass is 440 g/mol. The van der Waals surface area contributed by atoms with Gasteiger partial charge < -0.3 is 11.1 Å². The molecule has 0 saturated heterocycles. The maximum atomic E-state index is 12.7. The van der Waals surface area contributed by atoms with Gasteiger partial charge in [0.25, 0.3) is 0 Å². The number of guanidine groups is 1. The average Bonchev–Trinajstić information content (AvgIpc) is 2.84. The fraction of sp³-hybridized carbons (Fsp3) is 0.308. The summed E-state index contributed by atoms with van der Waals surface area (Å²) in [7, 11) is 0. The number of rotatable bonds is 4. The predicted molar refractivity (Wildman–Crippen MR) is 91.5 cm³/mol. The van der Waals surface area contributed by atoms with Gasteiger partial charge in [0, 0.05) is 12.7 Å². The maximum absolute atomic E-state index is 12.7. The van der Waals surface area contributed by atoms with E-state index in [1.54, 1.807) is 0 Å². The Morgan fingerprint density at radius 1 is 1.39 bits per heavy atom. The van der Waals surface area contributed by atoms with Crippen LogP contribution in [-0.2, 0) is 12.7 Å². The van der Waals surface area contributed by atoms with Gasteiger partial charge in [-0.1, -0.05) is 12.2 Å². The molecule has 23 heavy (non-hydrogen) atoms. The van der Waals surface area contributed by atoms with Gasteiger partial charge in [0.1, 0.15) is 6.54 Å². The molecule has 6 nitrogen and oxygen atoms in total. The second-order valence-corrected chi connectivity index (χ2v) is 4.77. The van der Waals surface area contributed by atoms with Crippen molar-refractivity contribution in [1.29, 1.82) is 0 Å². The number of nitrogens with zero attached hydrogens (tertiary/aromatic N) is 4. The molecule has 0 saturated carbocycles. The van der Waals surface area contributed by atoms with Crippen LogP contribution in [0.25, 0.3) is 5.65 Å². The van der Waals surface area contributed by atoms with E-state index < -0.39 is 11.7 Å². The van der Waals surface area contributed by atoms with Crippen LogP contribution in [0.2, 0.25) is 0 Å². The number of nitrogens with two attached hydrogens (primary N) is 1. The van der Waals surface area contributed by atoms with Crippen LogP contribution in [0.3, 0.4) is 0 Å². The quantitative estimate of drug-likeness (QED) is 0.331. The first-order chi connectivity index (χ1) is 10.3. The molecule has 0 radical (unpaired) electrons. The maximum Gasteiger partial charge on any atom is 0.417 e. The van der Waals surface area contributed by atoms with Crippen LogP contribution in [0.15, 0.2) is 35.5 Å². The lowest BCUT2D eigenvalue weighted by molar-refractivity contribution is -0.137. The number of fused-ring (bicyclic) bond motifs is 1. The van der Waals surface area contributed by atoms with Gasteiger partial charge in [-0.15, -0.1) is 34.2 Å². The van der Waals surface area contributed by atoms with E-state index in [1.165, 1.54) is 10.5 Å². The van der Waals surface area contributed by atoms with Gasteiger partial charge in [-0.05, 0) is 19.1 Å². The second kappa shape index (κ2) is 7.62. The number of pyridine rings is 1. The summed E-state index contributed by atoms with van der Waals surface area (Å²) < 4.78 is 39.4. The highest BCUT2D eigenvalue weighted by atomic mass is 127. The minimum atomic E-state index is -4.43. The first kappa shape index (κ1) is 19.2. The van der Waals surface area contributed by atoms with Gasteiger partial charge in [0.15, 0.2) is 17.4 Å².